The minimum atomic E-state index is -3.92. The quantitative estimate of drug-likeness (QED) is 0.624. The molecule has 0 fully saturated rings. The Morgan fingerprint density at radius 1 is 1.50 bits per heavy atom. The van der Waals surface area contributed by atoms with E-state index >= 15 is 0 Å². The number of hydrogen-bond donors (Lipinski definition) is 1. The Hall–Kier alpha value is -1.05. The van der Waals surface area contributed by atoms with Gasteiger partial charge in [-0.05, 0) is 12.5 Å². The van der Waals surface area contributed by atoms with Gasteiger partial charge in [-0.3, -0.25) is 4.55 Å². The van der Waals surface area contributed by atoms with Crippen LogP contribution >= 0.6 is 0 Å². The smallest absolute Gasteiger partial charge is 0.265 e. The second-order valence-electron chi connectivity index (χ2n) is 3.35. The van der Waals surface area contributed by atoms with Crippen LogP contribution in [0.4, 0.5) is 4.39 Å². The molecular formula is C9H14FNO4S. The van der Waals surface area contributed by atoms with Crippen LogP contribution in [0, 0.1) is 12.7 Å². The highest BCUT2D eigenvalue weighted by atomic mass is 32.2. The molecule has 2 N–H and O–H groups in total. The summed E-state index contributed by atoms with van der Waals surface area (Å²) in [6.07, 6.45) is 3.23. The summed E-state index contributed by atoms with van der Waals surface area (Å²) in [7, 11) is -3.92. The van der Waals surface area contributed by atoms with Crippen LogP contribution in [0.15, 0.2) is 18.5 Å². The molecule has 0 saturated carbocycles. The maximum absolute atomic E-state index is 13.1. The first-order valence-electron chi connectivity index (χ1n) is 4.49. The third kappa shape index (κ3) is 5.15. The summed E-state index contributed by atoms with van der Waals surface area (Å²) in [4.78, 5) is 0. The average molecular weight is 251 g/mol. The number of pyridine rings is 1. The molecule has 5 nitrogen and oxygen atoms in total. The van der Waals surface area contributed by atoms with Gasteiger partial charge >= 0.3 is 0 Å². The molecule has 0 spiro atoms. The van der Waals surface area contributed by atoms with Crippen LogP contribution < -0.4 is 4.57 Å². The lowest BCUT2D eigenvalue weighted by molar-refractivity contribution is -0.698. The first-order chi connectivity index (χ1) is 6.88. The Labute approximate surface area is 93.6 Å². The topological polar surface area (TPSA) is 88.2 Å². The van der Waals surface area contributed by atoms with Crippen LogP contribution in [0.3, 0.4) is 0 Å². The molecule has 0 saturated heterocycles. The molecule has 0 aliphatic rings. The van der Waals surface area contributed by atoms with Crippen LogP contribution in [-0.2, 0) is 16.7 Å². The molecular weight excluding hydrogens is 237 g/mol. The molecule has 0 unspecified atom stereocenters. The van der Waals surface area contributed by atoms with E-state index in [1.165, 1.54) is 6.20 Å². The van der Waals surface area contributed by atoms with Crippen LogP contribution in [0.5, 0.6) is 0 Å². The van der Waals surface area contributed by atoms with Gasteiger partial charge in [-0.1, -0.05) is 0 Å². The Balaban J connectivity index is 0.00000225. The summed E-state index contributed by atoms with van der Waals surface area (Å²) < 4.78 is 43.9. The molecule has 0 radical (unpaired) electrons. The van der Waals surface area contributed by atoms with Gasteiger partial charge in [0.25, 0.3) is 10.1 Å². The monoisotopic (exact) mass is 251 g/mol. The molecule has 7 heteroatoms. The second kappa shape index (κ2) is 5.88. The summed E-state index contributed by atoms with van der Waals surface area (Å²) >= 11 is 0. The van der Waals surface area contributed by atoms with E-state index in [0.717, 1.165) is 0 Å². The molecule has 0 atom stereocenters. The SMILES string of the molecule is Cc1cc[n+](CCCS(=O)(=O)O)cc1F.[OH-]. The lowest BCUT2D eigenvalue weighted by Gasteiger charge is -1.98. The standard InChI is InChI=1S/C9H12FNO3S.H2O/c1-8-3-5-11(7-9(8)10)4-2-6-15(12,13)14;/h3,5,7H,2,4,6H2,1H3;1H2. The van der Waals surface area contributed by atoms with Gasteiger partial charge in [0, 0.05) is 12.5 Å². The lowest BCUT2D eigenvalue weighted by Crippen LogP contribution is -2.34. The number of hydrogen-bond acceptors (Lipinski definition) is 3. The van der Waals surface area contributed by atoms with Crippen molar-refractivity contribution in [2.75, 3.05) is 5.75 Å². The highest BCUT2D eigenvalue weighted by Gasteiger charge is 2.09. The maximum atomic E-state index is 13.1. The van der Waals surface area contributed by atoms with Gasteiger partial charge in [-0.25, -0.2) is 8.96 Å². The molecule has 0 aliphatic heterocycles. The molecule has 1 heterocycles. The average Bonchev–Trinajstić information content (AvgIpc) is 2.09. The number of nitrogens with zero attached hydrogens (tertiary/aromatic N) is 1. The van der Waals surface area contributed by atoms with Crippen molar-refractivity contribution in [2.45, 2.75) is 19.9 Å². The zero-order chi connectivity index (χ0) is 11.5. The number of aryl methyl sites for hydroxylation is 2. The fourth-order valence-corrected chi connectivity index (χ4v) is 1.64. The molecule has 1 aromatic heterocycles. The van der Waals surface area contributed by atoms with Gasteiger partial charge < -0.3 is 5.48 Å². The first kappa shape index (κ1) is 14.9. The van der Waals surface area contributed by atoms with E-state index in [9.17, 15) is 12.8 Å². The van der Waals surface area contributed by atoms with E-state index in [1.807, 2.05) is 0 Å². The van der Waals surface area contributed by atoms with E-state index < -0.39 is 10.1 Å². The van der Waals surface area contributed by atoms with Gasteiger partial charge in [0.2, 0.25) is 6.20 Å². The minimum Gasteiger partial charge on any atom is -0.870 e. The lowest BCUT2D eigenvalue weighted by atomic mass is 10.3. The molecule has 0 amide bonds. The van der Waals surface area contributed by atoms with Crippen LogP contribution in [0.25, 0.3) is 0 Å². The molecule has 1 aromatic rings. The fraction of sp³-hybridized carbons (Fsp3) is 0.444. The van der Waals surface area contributed by atoms with Crippen molar-refractivity contribution in [3.8, 4) is 0 Å². The number of rotatable bonds is 4. The molecule has 0 aliphatic carbocycles. The van der Waals surface area contributed by atoms with Crippen molar-refractivity contribution in [2.24, 2.45) is 0 Å². The Kier molecular flexibility index (Phi) is 5.49. The maximum Gasteiger partial charge on any atom is 0.265 e. The van der Waals surface area contributed by atoms with Crippen molar-refractivity contribution >= 4 is 10.1 Å². The van der Waals surface area contributed by atoms with Crippen LogP contribution in [0.1, 0.15) is 12.0 Å². The Bertz CT molecular complexity index is 447. The summed E-state index contributed by atoms with van der Waals surface area (Å²) in [6.45, 7) is 2.01. The second-order valence-corrected chi connectivity index (χ2v) is 4.93. The van der Waals surface area contributed by atoms with Gasteiger partial charge in [0.15, 0.2) is 12.0 Å². The van der Waals surface area contributed by atoms with Gasteiger partial charge in [0.1, 0.15) is 6.54 Å². The molecule has 92 valence electrons. The largest absolute Gasteiger partial charge is 0.870 e. The zero-order valence-corrected chi connectivity index (χ0v) is 9.61. The Morgan fingerprint density at radius 2 is 2.12 bits per heavy atom. The van der Waals surface area contributed by atoms with Gasteiger partial charge in [0.05, 0.1) is 5.75 Å². The zero-order valence-electron chi connectivity index (χ0n) is 8.80. The molecule has 0 aromatic carbocycles. The van der Waals surface area contributed by atoms with E-state index in [0.29, 0.717) is 12.1 Å². The normalized spacial score (nSPS) is 10.9. The Morgan fingerprint density at radius 3 is 2.62 bits per heavy atom. The van der Waals surface area contributed by atoms with Crippen molar-refractivity contribution in [3.63, 3.8) is 0 Å². The van der Waals surface area contributed by atoms with Crippen molar-refractivity contribution < 1.29 is 27.4 Å². The van der Waals surface area contributed by atoms with E-state index in [-0.39, 0.29) is 23.5 Å². The van der Waals surface area contributed by atoms with E-state index in [1.54, 1.807) is 23.8 Å². The molecule has 16 heavy (non-hydrogen) atoms. The van der Waals surface area contributed by atoms with E-state index in [4.69, 9.17) is 4.55 Å². The van der Waals surface area contributed by atoms with Crippen LogP contribution in [0.2, 0.25) is 0 Å². The third-order valence-corrected chi connectivity index (χ3v) is 2.80. The van der Waals surface area contributed by atoms with Gasteiger partial charge in [-0.2, -0.15) is 8.42 Å². The first-order valence-corrected chi connectivity index (χ1v) is 6.10. The van der Waals surface area contributed by atoms with Crippen LogP contribution in [-0.4, -0.2) is 24.2 Å². The van der Waals surface area contributed by atoms with Crippen molar-refractivity contribution in [3.05, 3.63) is 29.8 Å². The van der Waals surface area contributed by atoms with Crippen molar-refractivity contribution in [1.82, 2.24) is 0 Å². The number of aromatic nitrogens is 1. The molecule has 1 rings (SSSR count). The van der Waals surface area contributed by atoms with Crippen molar-refractivity contribution in [1.29, 1.82) is 0 Å². The van der Waals surface area contributed by atoms with E-state index in [2.05, 4.69) is 0 Å². The summed E-state index contributed by atoms with van der Waals surface area (Å²) in [5.74, 6) is -0.639. The minimum absolute atomic E-state index is 0. The predicted molar refractivity (Wildman–Crippen MR) is 54.3 cm³/mol. The summed E-state index contributed by atoms with van der Waals surface area (Å²) in [5.41, 5.74) is 0.543. The third-order valence-electron chi connectivity index (χ3n) is 1.99. The van der Waals surface area contributed by atoms with Gasteiger partial charge in [-0.15, -0.1) is 0 Å². The predicted octanol–water partition coefficient (Wildman–Crippen LogP) is 0.523. The number of halogens is 1. The highest BCUT2D eigenvalue weighted by Crippen LogP contribution is 2.00. The fourth-order valence-electron chi connectivity index (χ4n) is 1.15. The summed E-state index contributed by atoms with van der Waals surface area (Å²) in [5, 5.41) is 0. The molecule has 0 bridgehead atoms. The summed E-state index contributed by atoms with van der Waals surface area (Å²) in [6, 6.07) is 1.61. The highest BCUT2D eigenvalue weighted by molar-refractivity contribution is 7.85.